The summed E-state index contributed by atoms with van der Waals surface area (Å²) in [6.07, 6.45) is 3.27. The van der Waals surface area contributed by atoms with Gasteiger partial charge in [0.25, 0.3) is 0 Å². The molecule has 1 aliphatic heterocycles. The van der Waals surface area contributed by atoms with Gasteiger partial charge in [-0.15, -0.1) is 0 Å². The minimum absolute atomic E-state index is 0.0858. The van der Waals surface area contributed by atoms with E-state index in [0.717, 1.165) is 41.0 Å². The van der Waals surface area contributed by atoms with Gasteiger partial charge in [0, 0.05) is 36.8 Å². The molecule has 0 unspecified atom stereocenters. The molecule has 1 aromatic heterocycles. The molecule has 5 nitrogen and oxygen atoms in total. The minimum atomic E-state index is -0.0858. The van der Waals surface area contributed by atoms with Crippen LogP contribution in [0, 0.1) is 0 Å². The lowest BCUT2D eigenvalue weighted by atomic mass is 9.83. The molecule has 1 aliphatic rings. The Balaban J connectivity index is 2.19. The zero-order valence-corrected chi connectivity index (χ0v) is 16.8. The number of pyridine rings is 1. The summed E-state index contributed by atoms with van der Waals surface area (Å²) in [6, 6.07) is 8.14. The Bertz CT molecular complexity index is 840. The summed E-state index contributed by atoms with van der Waals surface area (Å²) in [6.45, 7) is 7.86. The van der Waals surface area contributed by atoms with E-state index in [1.54, 1.807) is 20.4 Å². The summed E-state index contributed by atoms with van der Waals surface area (Å²) in [5.74, 6) is 1.63. The van der Waals surface area contributed by atoms with Crippen LogP contribution in [0.25, 0.3) is 11.1 Å². The molecule has 0 atom stereocenters. The lowest BCUT2D eigenvalue weighted by molar-refractivity contribution is -0.128. The third kappa shape index (κ3) is 3.92. The predicted octanol–water partition coefficient (Wildman–Crippen LogP) is 4.19. The number of nitrogens with zero attached hydrogens (tertiary/aromatic N) is 2. The fourth-order valence-corrected chi connectivity index (χ4v) is 3.59. The van der Waals surface area contributed by atoms with Gasteiger partial charge in [-0.1, -0.05) is 20.8 Å². The van der Waals surface area contributed by atoms with Crippen LogP contribution in [-0.2, 0) is 16.8 Å². The highest BCUT2D eigenvalue weighted by atomic mass is 16.5. The van der Waals surface area contributed by atoms with Crippen molar-refractivity contribution in [2.24, 2.45) is 0 Å². The van der Waals surface area contributed by atoms with Crippen LogP contribution in [0.5, 0.6) is 11.6 Å². The summed E-state index contributed by atoms with van der Waals surface area (Å²) in [5, 5.41) is 0. The van der Waals surface area contributed by atoms with Crippen molar-refractivity contribution in [2.75, 3.05) is 20.8 Å². The first-order valence-corrected chi connectivity index (χ1v) is 9.33. The molecule has 1 fully saturated rings. The third-order valence-electron chi connectivity index (χ3n) is 5.02. The van der Waals surface area contributed by atoms with E-state index in [-0.39, 0.29) is 11.3 Å². The Kier molecular flexibility index (Phi) is 5.40. The first kappa shape index (κ1) is 19.2. The van der Waals surface area contributed by atoms with Crippen molar-refractivity contribution in [3.05, 3.63) is 41.6 Å². The van der Waals surface area contributed by atoms with Gasteiger partial charge in [0.15, 0.2) is 0 Å². The quantitative estimate of drug-likeness (QED) is 0.794. The molecule has 1 saturated heterocycles. The van der Waals surface area contributed by atoms with Crippen LogP contribution < -0.4 is 9.47 Å². The maximum atomic E-state index is 12.2. The SMILES string of the molecule is COc1cc(CN2CCCC2=O)c(-c2cccnc2OC)cc1C(C)(C)C. The molecule has 5 heteroatoms. The molecule has 0 N–H and O–H groups in total. The number of ether oxygens (including phenoxy) is 2. The van der Waals surface area contributed by atoms with Gasteiger partial charge in [-0.05, 0) is 47.2 Å². The normalized spacial score (nSPS) is 14.6. The van der Waals surface area contributed by atoms with Gasteiger partial charge >= 0.3 is 0 Å². The summed E-state index contributed by atoms with van der Waals surface area (Å²) < 4.78 is 11.2. The molecular formula is C22H28N2O3. The highest BCUT2D eigenvalue weighted by molar-refractivity contribution is 5.79. The maximum Gasteiger partial charge on any atom is 0.222 e. The molecule has 27 heavy (non-hydrogen) atoms. The van der Waals surface area contributed by atoms with Crippen molar-refractivity contribution < 1.29 is 14.3 Å². The molecule has 0 saturated carbocycles. The van der Waals surface area contributed by atoms with Crippen molar-refractivity contribution in [2.45, 2.75) is 45.6 Å². The Hall–Kier alpha value is -2.56. The second-order valence-electron chi connectivity index (χ2n) is 7.94. The van der Waals surface area contributed by atoms with Gasteiger partial charge in [0.05, 0.1) is 14.2 Å². The highest BCUT2D eigenvalue weighted by Crippen LogP contribution is 2.40. The summed E-state index contributed by atoms with van der Waals surface area (Å²) in [7, 11) is 3.32. The summed E-state index contributed by atoms with van der Waals surface area (Å²) in [4.78, 5) is 18.5. The van der Waals surface area contributed by atoms with Gasteiger partial charge in [0.1, 0.15) is 5.75 Å². The van der Waals surface area contributed by atoms with Crippen molar-refractivity contribution in [1.82, 2.24) is 9.88 Å². The number of amides is 1. The first-order valence-electron chi connectivity index (χ1n) is 9.33. The van der Waals surface area contributed by atoms with E-state index < -0.39 is 0 Å². The zero-order valence-electron chi connectivity index (χ0n) is 16.8. The Morgan fingerprint density at radius 2 is 1.93 bits per heavy atom. The Labute approximate surface area is 161 Å². The molecule has 0 spiro atoms. The van der Waals surface area contributed by atoms with Crippen LogP contribution in [0.15, 0.2) is 30.5 Å². The monoisotopic (exact) mass is 368 g/mol. The standard InChI is InChI=1S/C22H28N2O3/c1-22(2,3)18-13-17(16-8-6-10-23-21(16)27-5)15(12-19(18)26-4)14-24-11-7-9-20(24)25/h6,8,10,12-13H,7,9,11,14H2,1-5H3. The molecule has 0 aliphatic carbocycles. The number of methoxy groups -OCH3 is 2. The second kappa shape index (κ2) is 7.59. The number of hydrogen-bond acceptors (Lipinski definition) is 4. The number of aromatic nitrogens is 1. The smallest absolute Gasteiger partial charge is 0.222 e. The van der Waals surface area contributed by atoms with Crippen molar-refractivity contribution >= 4 is 5.91 Å². The van der Waals surface area contributed by atoms with Crippen LogP contribution in [0.3, 0.4) is 0 Å². The van der Waals surface area contributed by atoms with E-state index in [9.17, 15) is 4.79 Å². The average Bonchev–Trinajstić information content (AvgIpc) is 3.05. The fourth-order valence-electron chi connectivity index (χ4n) is 3.59. The average molecular weight is 368 g/mol. The molecule has 2 aromatic rings. The van der Waals surface area contributed by atoms with E-state index >= 15 is 0 Å². The van der Waals surface area contributed by atoms with Crippen molar-refractivity contribution in [3.63, 3.8) is 0 Å². The largest absolute Gasteiger partial charge is 0.496 e. The lowest BCUT2D eigenvalue weighted by Gasteiger charge is -2.26. The lowest BCUT2D eigenvalue weighted by Crippen LogP contribution is -2.24. The van der Waals surface area contributed by atoms with Gasteiger partial charge in [-0.25, -0.2) is 4.98 Å². The van der Waals surface area contributed by atoms with Gasteiger partial charge in [0.2, 0.25) is 11.8 Å². The Morgan fingerprint density at radius 1 is 1.15 bits per heavy atom. The summed E-state index contributed by atoms with van der Waals surface area (Å²) in [5.41, 5.74) is 4.03. The predicted molar refractivity (Wildman–Crippen MR) is 106 cm³/mol. The molecular weight excluding hydrogens is 340 g/mol. The number of hydrogen-bond donors (Lipinski definition) is 0. The number of benzene rings is 1. The van der Waals surface area contributed by atoms with Crippen molar-refractivity contribution in [1.29, 1.82) is 0 Å². The topological polar surface area (TPSA) is 51.7 Å². The highest BCUT2D eigenvalue weighted by Gasteiger charge is 2.26. The maximum absolute atomic E-state index is 12.2. The number of likely N-dealkylation sites (tertiary alicyclic amines) is 1. The van der Waals surface area contributed by atoms with Gasteiger partial charge < -0.3 is 14.4 Å². The Morgan fingerprint density at radius 3 is 2.52 bits per heavy atom. The van der Waals surface area contributed by atoms with Crippen molar-refractivity contribution in [3.8, 4) is 22.8 Å². The molecule has 1 aromatic carbocycles. The van der Waals surface area contributed by atoms with E-state index in [2.05, 4.69) is 37.9 Å². The van der Waals surface area contributed by atoms with Crippen LogP contribution in [0.2, 0.25) is 0 Å². The number of carbonyl (C=O) groups is 1. The van der Waals surface area contributed by atoms with Crippen LogP contribution in [0.4, 0.5) is 0 Å². The third-order valence-corrected chi connectivity index (χ3v) is 5.02. The summed E-state index contributed by atoms with van der Waals surface area (Å²) >= 11 is 0. The second-order valence-corrected chi connectivity index (χ2v) is 7.94. The van der Waals surface area contributed by atoms with E-state index in [0.29, 0.717) is 18.8 Å². The number of carbonyl (C=O) groups excluding carboxylic acids is 1. The zero-order chi connectivity index (χ0) is 19.6. The molecule has 144 valence electrons. The molecule has 2 heterocycles. The van der Waals surface area contributed by atoms with Crippen LogP contribution >= 0.6 is 0 Å². The first-order chi connectivity index (χ1) is 12.8. The van der Waals surface area contributed by atoms with Gasteiger partial charge in [-0.3, -0.25) is 4.79 Å². The number of rotatable bonds is 5. The molecule has 0 bridgehead atoms. The molecule has 1 amide bonds. The van der Waals surface area contributed by atoms with Crippen LogP contribution in [0.1, 0.15) is 44.7 Å². The fraction of sp³-hybridized carbons (Fsp3) is 0.455. The van der Waals surface area contributed by atoms with E-state index in [1.807, 2.05) is 17.0 Å². The molecule has 3 rings (SSSR count). The van der Waals surface area contributed by atoms with Gasteiger partial charge in [-0.2, -0.15) is 0 Å². The van der Waals surface area contributed by atoms with E-state index in [1.165, 1.54) is 0 Å². The molecule has 0 radical (unpaired) electrons. The minimum Gasteiger partial charge on any atom is -0.496 e. The van der Waals surface area contributed by atoms with E-state index in [4.69, 9.17) is 9.47 Å². The van der Waals surface area contributed by atoms with Crippen LogP contribution in [-0.4, -0.2) is 36.6 Å².